The minimum atomic E-state index is -1.26. The molecular weight excluding hydrogens is 345 g/mol. The second kappa shape index (κ2) is 8.94. The van der Waals surface area contributed by atoms with Crippen LogP contribution in [0.2, 0.25) is 5.02 Å². The number of aliphatic hydroxyl groups is 1. The average molecular weight is 366 g/mol. The molecule has 0 aliphatic carbocycles. The van der Waals surface area contributed by atoms with E-state index in [-0.39, 0.29) is 18.8 Å². The van der Waals surface area contributed by atoms with E-state index in [0.717, 1.165) is 5.56 Å². The number of ether oxygens (including phenoxy) is 1. The van der Waals surface area contributed by atoms with Gasteiger partial charge in [-0.25, -0.2) is 9.18 Å². The Morgan fingerprint density at radius 2 is 2.04 bits per heavy atom. The molecule has 0 aliphatic heterocycles. The van der Waals surface area contributed by atoms with Crippen LogP contribution in [0, 0.1) is 5.82 Å². The maximum Gasteiger partial charge on any atom is 0.335 e. The van der Waals surface area contributed by atoms with Crippen LogP contribution in [0.1, 0.15) is 18.9 Å². The Kier molecular flexibility index (Phi) is 6.93. The monoisotopic (exact) mass is 365 g/mol. The van der Waals surface area contributed by atoms with E-state index in [0.29, 0.717) is 22.6 Å². The van der Waals surface area contributed by atoms with Crippen molar-refractivity contribution in [2.45, 2.75) is 31.9 Å². The second-order valence-corrected chi connectivity index (χ2v) is 6.16. The summed E-state index contributed by atoms with van der Waals surface area (Å²) >= 11 is 6.29. The number of benzene rings is 2. The molecule has 25 heavy (non-hydrogen) atoms. The number of carbonyl (C=O) groups excluding carboxylic acids is 1. The first-order valence-electron chi connectivity index (χ1n) is 8.06. The molecule has 2 aromatic carbocycles. The van der Waals surface area contributed by atoms with Crippen molar-refractivity contribution in [3.8, 4) is 11.1 Å². The number of esters is 1. The van der Waals surface area contributed by atoms with E-state index in [9.17, 15) is 14.3 Å². The predicted octanol–water partition coefficient (Wildman–Crippen LogP) is 3.33. The SMILES string of the molecule is CCOC(=O)[C@H](O)C[C@H](N)Cc1ccc(-c2ccccc2F)cc1Cl. The van der Waals surface area contributed by atoms with Crippen molar-refractivity contribution >= 4 is 17.6 Å². The normalized spacial score (nSPS) is 13.3. The van der Waals surface area contributed by atoms with Crippen LogP contribution in [0.3, 0.4) is 0 Å². The molecule has 0 saturated heterocycles. The predicted molar refractivity (Wildman–Crippen MR) is 95.8 cm³/mol. The molecule has 0 aromatic heterocycles. The lowest BCUT2D eigenvalue weighted by Crippen LogP contribution is -2.33. The van der Waals surface area contributed by atoms with E-state index in [1.54, 1.807) is 43.3 Å². The van der Waals surface area contributed by atoms with Crippen LogP contribution < -0.4 is 5.73 Å². The summed E-state index contributed by atoms with van der Waals surface area (Å²) in [5.74, 6) is -1.00. The van der Waals surface area contributed by atoms with Crippen LogP contribution in [-0.4, -0.2) is 29.8 Å². The van der Waals surface area contributed by atoms with E-state index < -0.39 is 18.1 Å². The standard InChI is InChI=1S/C19H21ClFNO3/c1-2-25-19(24)18(23)11-14(22)9-13-8-7-12(10-16(13)20)15-5-3-4-6-17(15)21/h3-8,10,14,18,23H,2,9,11,22H2,1H3/t14-,18-/m1/s1. The average Bonchev–Trinajstić information content (AvgIpc) is 2.57. The first kappa shape index (κ1) is 19.4. The van der Waals surface area contributed by atoms with E-state index in [1.165, 1.54) is 6.07 Å². The molecule has 0 aliphatic rings. The van der Waals surface area contributed by atoms with Crippen molar-refractivity contribution in [2.75, 3.05) is 6.61 Å². The lowest BCUT2D eigenvalue weighted by molar-refractivity contribution is -0.153. The van der Waals surface area contributed by atoms with Gasteiger partial charge < -0.3 is 15.6 Å². The number of hydrogen-bond acceptors (Lipinski definition) is 4. The van der Waals surface area contributed by atoms with Gasteiger partial charge in [-0.3, -0.25) is 0 Å². The Labute approximate surface area is 151 Å². The third-order valence-electron chi connectivity index (χ3n) is 3.80. The molecule has 0 unspecified atom stereocenters. The topological polar surface area (TPSA) is 72.5 Å². The molecule has 0 saturated carbocycles. The van der Waals surface area contributed by atoms with Gasteiger partial charge in [0.2, 0.25) is 0 Å². The highest BCUT2D eigenvalue weighted by molar-refractivity contribution is 6.31. The lowest BCUT2D eigenvalue weighted by Gasteiger charge is -2.16. The highest BCUT2D eigenvalue weighted by Gasteiger charge is 2.20. The summed E-state index contributed by atoms with van der Waals surface area (Å²) in [4.78, 5) is 11.4. The van der Waals surface area contributed by atoms with Gasteiger partial charge in [-0.2, -0.15) is 0 Å². The Balaban J connectivity index is 2.06. The van der Waals surface area contributed by atoms with Crippen molar-refractivity contribution in [3.05, 3.63) is 58.9 Å². The number of hydrogen-bond donors (Lipinski definition) is 2. The van der Waals surface area contributed by atoms with Gasteiger partial charge in [0, 0.05) is 16.6 Å². The van der Waals surface area contributed by atoms with Gasteiger partial charge in [-0.05, 0) is 43.0 Å². The molecule has 4 nitrogen and oxygen atoms in total. The number of nitrogens with two attached hydrogens (primary N) is 1. The van der Waals surface area contributed by atoms with E-state index in [2.05, 4.69) is 0 Å². The van der Waals surface area contributed by atoms with E-state index in [1.807, 2.05) is 0 Å². The molecule has 0 amide bonds. The van der Waals surface area contributed by atoms with Gasteiger partial charge in [-0.15, -0.1) is 0 Å². The van der Waals surface area contributed by atoms with E-state index >= 15 is 0 Å². The van der Waals surface area contributed by atoms with Crippen molar-refractivity contribution in [1.82, 2.24) is 0 Å². The summed E-state index contributed by atoms with van der Waals surface area (Å²) in [5, 5.41) is 10.2. The Bertz CT molecular complexity index is 738. The van der Waals surface area contributed by atoms with Crippen molar-refractivity contribution in [1.29, 1.82) is 0 Å². The van der Waals surface area contributed by atoms with Crippen molar-refractivity contribution in [3.63, 3.8) is 0 Å². The number of carbonyl (C=O) groups is 1. The van der Waals surface area contributed by atoms with Crippen LogP contribution in [0.4, 0.5) is 4.39 Å². The van der Waals surface area contributed by atoms with Crippen molar-refractivity contribution in [2.24, 2.45) is 5.73 Å². The summed E-state index contributed by atoms with van der Waals surface area (Å²) in [5.41, 5.74) is 7.91. The van der Waals surface area contributed by atoms with Crippen LogP contribution in [0.5, 0.6) is 0 Å². The van der Waals surface area contributed by atoms with Gasteiger partial charge in [-0.1, -0.05) is 41.9 Å². The highest BCUT2D eigenvalue weighted by Crippen LogP contribution is 2.28. The molecule has 0 radical (unpaired) electrons. The fourth-order valence-electron chi connectivity index (χ4n) is 2.56. The zero-order chi connectivity index (χ0) is 18.4. The number of aliphatic hydroxyl groups excluding tert-OH is 1. The molecule has 0 fully saturated rings. The molecule has 3 N–H and O–H groups in total. The summed E-state index contributed by atoms with van der Waals surface area (Å²) < 4.78 is 18.6. The number of rotatable bonds is 7. The summed E-state index contributed by atoms with van der Waals surface area (Å²) in [6.45, 7) is 1.87. The molecule has 0 spiro atoms. The minimum Gasteiger partial charge on any atom is -0.464 e. The zero-order valence-electron chi connectivity index (χ0n) is 13.9. The Morgan fingerprint density at radius 3 is 2.68 bits per heavy atom. The highest BCUT2D eigenvalue weighted by atomic mass is 35.5. The largest absolute Gasteiger partial charge is 0.464 e. The minimum absolute atomic E-state index is 0.0736. The van der Waals surface area contributed by atoms with Gasteiger partial charge in [0.1, 0.15) is 5.82 Å². The Morgan fingerprint density at radius 1 is 1.32 bits per heavy atom. The molecule has 6 heteroatoms. The quantitative estimate of drug-likeness (QED) is 0.738. The molecule has 2 atom stereocenters. The molecule has 0 heterocycles. The molecular formula is C19H21ClFNO3. The van der Waals surface area contributed by atoms with Gasteiger partial charge >= 0.3 is 5.97 Å². The third kappa shape index (κ3) is 5.26. The van der Waals surface area contributed by atoms with Crippen LogP contribution in [-0.2, 0) is 16.0 Å². The summed E-state index contributed by atoms with van der Waals surface area (Å²) in [6, 6.07) is 11.2. The molecule has 134 valence electrons. The van der Waals surface area contributed by atoms with Gasteiger partial charge in [0.05, 0.1) is 6.61 Å². The van der Waals surface area contributed by atoms with Crippen LogP contribution in [0.25, 0.3) is 11.1 Å². The number of halogens is 2. The first-order chi connectivity index (χ1) is 11.9. The molecule has 2 rings (SSSR count). The van der Waals surface area contributed by atoms with Crippen LogP contribution in [0.15, 0.2) is 42.5 Å². The fraction of sp³-hybridized carbons (Fsp3) is 0.316. The smallest absolute Gasteiger partial charge is 0.335 e. The van der Waals surface area contributed by atoms with E-state index in [4.69, 9.17) is 22.1 Å². The maximum atomic E-state index is 13.9. The zero-order valence-corrected chi connectivity index (χ0v) is 14.7. The molecule has 2 aromatic rings. The van der Waals surface area contributed by atoms with Gasteiger partial charge in [0.25, 0.3) is 0 Å². The van der Waals surface area contributed by atoms with Gasteiger partial charge in [0.15, 0.2) is 6.10 Å². The molecule has 0 bridgehead atoms. The third-order valence-corrected chi connectivity index (χ3v) is 4.16. The summed E-state index contributed by atoms with van der Waals surface area (Å²) in [6.07, 6.45) is -0.803. The van der Waals surface area contributed by atoms with Crippen LogP contribution >= 0.6 is 11.6 Å². The summed E-state index contributed by atoms with van der Waals surface area (Å²) in [7, 11) is 0. The maximum absolute atomic E-state index is 13.9. The van der Waals surface area contributed by atoms with Crippen molar-refractivity contribution < 1.29 is 19.0 Å². The fourth-order valence-corrected chi connectivity index (χ4v) is 2.82. The lowest BCUT2D eigenvalue weighted by atomic mass is 9.98. The second-order valence-electron chi connectivity index (χ2n) is 5.75. The first-order valence-corrected chi connectivity index (χ1v) is 8.43. The Hall–Kier alpha value is -1.95.